The van der Waals surface area contributed by atoms with E-state index in [2.05, 4.69) is 27.8 Å². The summed E-state index contributed by atoms with van der Waals surface area (Å²) in [6, 6.07) is 15.5. The van der Waals surface area contributed by atoms with E-state index in [1.165, 1.54) is 17.3 Å². The van der Waals surface area contributed by atoms with Gasteiger partial charge in [0.15, 0.2) is 0 Å². The second kappa shape index (κ2) is 9.89. The number of hydrogen-bond acceptors (Lipinski definition) is 6. The monoisotopic (exact) mass is 397 g/mol. The van der Waals surface area contributed by atoms with Crippen LogP contribution in [0.15, 0.2) is 53.7 Å². The van der Waals surface area contributed by atoms with Crippen LogP contribution in [0.3, 0.4) is 0 Å². The van der Waals surface area contributed by atoms with Crippen LogP contribution in [0.5, 0.6) is 5.75 Å². The van der Waals surface area contributed by atoms with Gasteiger partial charge in [-0.25, -0.2) is 0 Å². The maximum absolute atomic E-state index is 12.3. The maximum atomic E-state index is 12.3. The van der Waals surface area contributed by atoms with Crippen LogP contribution in [-0.2, 0) is 11.2 Å². The molecule has 0 radical (unpaired) electrons. The number of carbonyl (C=O) groups is 1. The first-order valence-corrected chi connectivity index (χ1v) is 10.2. The number of benzene rings is 2. The number of rotatable bonds is 9. The third kappa shape index (κ3) is 5.10. The zero-order valence-electron chi connectivity index (χ0n) is 16.0. The van der Waals surface area contributed by atoms with Crippen LogP contribution < -0.4 is 10.1 Å². The van der Waals surface area contributed by atoms with E-state index < -0.39 is 0 Å². The minimum absolute atomic E-state index is 0.110. The average Bonchev–Trinajstić information content (AvgIpc) is 3.17. The molecule has 0 unspecified atom stereocenters. The Morgan fingerprint density at radius 1 is 1.14 bits per heavy atom. The number of amides is 1. The molecule has 0 spiro atoms. The van der Waals surface area contributed by atoms with E-state index in [4.69, 9.17) is 4.74 Å². The number of hydrogen-bond donors (Lipinski definition) is 1. The average molecular weight is 398 g/mol. The van der Waals surface area contributed by atoms with Crippen molar-refractivity contribution in [3.63, 3.8) is 0 Å². The van der Waals surface area contributed by atoms with Crippen LogP contribution >= 0.6 is 11.8 Å². The molecular formula is C20H23N5O2S. The molecule has 0 atom stereocenters. The Kier molecular flexibility index (Phi) is 7.02. The molecule has 0 saturated heterocycles. The van der Waals surface area contributed by atoms with Gasteiger partial charge < -0.3 is 10.1 Å². The molecule has 0 saturated carbocycles. The fraction of sp³-hybridized carbons (Fsp3) is 0.300. The van der Waals surface area contributed by atoms with Crippen molar-refractivity contribution in [1.29, 1.82) is 0 Å². The highest BCUT2D eigenvalue weighted by molar-refractivity contribution is 7.99. The number of carbonyl (C=O) groups excluding carboxylic acids is 1. The van der Waals surface area contributed by atoms with Gasteiger partial charge in [0.05, 0.1) is 12.4 Å². The summed E-state index contributed by atoms with van der Waals surface area (Å²) in [5.41, 5.74) is 2.79. The standard InChI is InChI=1S/C20H23N5O2S/c1-3-7-15-10-12-16(13-11-15)21-19(26)14-28-20-22-23-24-25(20)17-8-5-6-9-18(17)27-4-2/h5-6,8-13H,3-4,7,14H2,1-2H3,(H,21,26). The Hall–Kier alpha value is -2.87. The van der Waals surface area contributed by atoms with Crippen LogP contribution in [0.25, 0.3) is 5.69 Å². The Bertz CT molecular complexity index is 911. The molecule has 8 heteroatoms. The minimum Gasteiger partial charge on any atom is -0.492 e. The molecule has 1 aromatic heterocycles. The Labute approximate surface area is 168 Å². The summed E-state index contributed by atoms with van der Waals surface area (Å²) in [5.74, 6) is 0.783. The molecule has 0 fully saturated rings. The molecule has 2 aromatic carbocycles. The first-order valence-electron chi connectivity index (χ1n) is 9.23. The molecule has 28 heavy (non-hydrogen) atoms. The molecule has 146 valence electrons. The van der Waals surface area contributed by atoms with E-state index in [1.54, 1.807) is 4.68 Å². The molecule has 1 heterocycles. The number of nitrogens with zero attached hydrogens (tertiary/aromatic N) is 4. The van der Waals surface area contributed by atoms with Gasteiger partial charge in [0.2, 0.25) is 11.1 Å². The van der Waals surface area contributed by atoms with Gasteiger partial charge in [-0.05, 0) is 53.6 Å². The van der Waals surface area contributed by atoms with Gasteiger partial charge in [0, 0.05) is 5.69 Å². The third-order valence-corrected chi connectivity index (χ3v) is 4.86. The van der Waals surface area contributed by atoms with Gasteiger partial charge in [0.1, 0.15) is 11.4 Å². The quantitative estimate of drug-likeness (QED) is 0.554. The van der Waals surface area contributed by atoms with E-state index in [0.717, 1.165) is 24.2 Å². The maximum Gasteiger partial charge on any atom is 0.234 e. The summed E-state index contributed by atoms with van der Waals surface area (Å²) in [6.07, 6.45) is 2.14. The SMILES string of the molecule is CCCc1ccc(NC(=O)CSc2nnnn2-c2ccccc2OCC)cc1. The van der Waals surface area contributed by atoms with E-state index in [1.807, 2.05) is 55.5 Å². The van der Waals surface area contributed by atoms with Crippen LogP contribution in [0.2, 0.25) is 0 Å². The van der Waals surface area contributed by atoms with Gasteiger partial charge in [0.25, 0.3) is 0 Å². The largest absolute Gasteiger partial charge is 0.492 e. The van der Waals surface area contributed by atoms with Crippen LogP contribution in [-0.4, -0.2) is 38.5 Å². The van der Waals surface area contributed by atoms with E-state index in [0.29, 0.717) is 17.5 Å². The fourth-order valence-electron chi connectivity index (χ4n) is 2.70. The molecule has 1 amide bonds. The van der Waals surface area contributed by atoms with Crippen LogP contribution in [0.4, 0.5) is 5.69 Å². The van der Waals surface area contributed by atoms with E-state index >= 15 is 0 Å². The summed E-state index contributed by atoms with van der Waals surface area (Å²) in [4.78, 5) is 12.3. The lowest BCUT2D eigenvalue weighted by Gasteiger charge is -2.10. The summed E-state index contributed by atoms with van der Waals surface area (Å²) in [6.45, 7) is 4.61. The first-order chi connectivity index (χ1) is 13.7. The van der Waals surface area contributed by atoms with Gasteiger partial charge >= 0.3 is 0 Å². The highest BCUT2D eigenvalue weighted by Gasteiger charge is 2.15. The second-order valence-corrected chi connectivity index (χ2v) is 7.00. The normalized spacial score (nSPS) is 10.6. The van der Waals surface area contributed by atoms with Crippen molar-refractivity contribution in [3.8, 4) is 11.4 Å². The first kappa shape index (κ1) is 19.9. The lowest BCUT2D eigenvalue weighted by Crippen LogP contribution is -2.14. The topological polar surface area (TPSA) is 81.9 Å². The predicted molar refractivity (Wildman–Crippen MR) is 110 cm³/mol. The number of tetrazole rings is 1. The minimum atomic E-state index is -0.110. The van der Waals surface area contributed by atoms with Crippen molar-refractivity contribution in [3.05, 3.63) is 54.1 Å². The zero-order chi connectivity index (χ0) is 19.8. The summed E-state index contributed by atoms with van der Waals surface area (Å²) >= 11 is 1.27. The lowest BCUT2D eigenvalue weighted by molar-refractivity contribution is -0.113. The number of aryl methyl sites for hydroxylation is 1. The Morgan fingerprint density at radius 2 is 1.93 bits per heavy atom. The molecule has 3 aromatic rings. The number of thioether (sulfide) groups is 1. The number of nitrogens with one attached hydrogen (secondary N) is 1. The van der Waals surface area contributed by atoms with Gasteiger partial charge in [-0.2, -0.15) is 4.68 Å². The van der Waals surface area contributed by atoms with Crippen molar-refractivity contribution >= 4 is 23.4 Å². The van der Waals surface area contributed by atoms with Crippen molar-refractivity contribution in [2.45, 2.75) is 31.8 Å². The lowest BCUT2D eigenvalue weighted by atomic mass is 10.1. The second-order valence-electron chi connectivity index (χ2n) is 6.06. The van der Waals surface area contributed by atoms with Gasteiger partial charge in [-0.1, -0.05) is 49.4 Å². The van der Waals surface area contributed by atoms with E-state index in [9.17, 15) is 4.79 Å². The Balaban J connectivity index is 1.63. The van der Waals surface area contributed by atoms with Crippen molar-refractivity contribution in [2.24, 2.45) is 0 Å². The molecule has 7 nitrogen and oxygen atoms in total. The van der Waals surface area contributed by atoms with Crippen molar-refractivity contribution in [2.75, 3.05) is 17.7 Å². The molecule has 0 aliphatic carbocycles. The number of ether oxygens (including phenoxy) is 1. The number of aromatic nitrogens is 4. The summed E-state index contributed by atoms with van der Waals surface area (Å²) in [7, 11) is 0. The van der Waals surface area contributed by atoms with Crippen LogP contribution in [0, 0.1) is 0 Å². The summed E-state index contributed by atoms with van der Waals surface area (Å²) < 4.78 is 7.23. The predicted octanol–water partition coefficient (Wildman–Crippen LogP) is 3.74. The number of para-hydroxylation sites is 2. The highest BCUT2D eigenvalue weighted by atomic mass is 32.2. The van der Waals surface area contributed by atoms with Gasteiger partial charge in [-0.15, -0.1) is 5.10 Å². The summed E-state index contributed by atoms with van der Waals surface area (Å²) in [5, 5.41) is 15.2. The van der Waals surface area contributed by atoms with Gasteiger partial charge in [-0.3, -0.25) is 4.79 Å². The zero-order valence-corrected chi connectivity index (χ0v) is 16.8. The molecule has 0 aliphatic rings. The number of anilines is 1. The smallest absolute Gasteiger partial charge is 0.234 e. The van der Waals surface area contributed by atoms with Crippen molar-refractivity contribution in [1.82, 2.24) is 20.2 Å². The molecule has 0 aliphatic heterocycles. The highest BCUT2D eigenvalue weighted by Crippen LogP contribution is 2.26. The third-order valence-electron chi connectivity index (χ3n) is 3.94. The Morgan fingerprint density at radius 3 is 2.68 bits per heavy atom. The van der Waals surface area contributed by atoms with E-state index in [-0.39, 0.29) is 11.7 Å². The molecule has 1 N–H and O–H groups in total. The fourth-order valence-corrected chi connectivity index (χ4v) is 3.38. The molecule has 3 rings (SSSR count). The van der Waals surface area contributed by atoms with Crippen LogP contribution in [0.1, 0.15) is 25.8 Å². The van der Waals surface area contributed by atoms with Crippen molar-refractivity contribution < 1.29 is 9.53 Å². The molecule has 0 bridgehead atoms. The molecular weight excluding hydrogens is 374 g/mol.